The number of phenols is 1. The van der Waals surface area contributed by atoms with Gasteiger partial charge in [0.15, 0.2) is 0 Å². The van der Waals surface area contributed by atoms with Crippen LogP contribution in [0.25, 0.3) is 0 Å². The van der Waals surface area contributed by atoms with Crippen LogP contribution in [0, 0.1) is 0 Å². The summed E-state index contributed by atoms with van der Waals surface area (Å²) in [6, 6.07) is 11.3. The van der Waals surface area contributed by atoms with Crippen molar-refractivity contribution in [2.75, 3.05) is 4.90 Å². The fraction of sp³-hybridized carbons (Fsp3) is 0.0667. The maximum absolute atomic E-state index is 12.0. The van der Waals surface area contributed by atoms with Crippen molar-refractivity contribution in [3.05, 3.63) is 58.6 Å². The Morgan fingerprint density at radius 2 is 1.75 bits per heavy atom. The van der Waals surface area contributed by atoms with Crippen LogP contribution < -0.4 is 4.90 Å². The average molecular weight is 288 g/mol. The van der Waals surface area contributed by atoms with E-state index >= 15 is 0 Å². The lowest BCUT2D eigenvalue weighted by atomic mass is 10.1. The van der Waals surface area contributed by atoms with Crippen LogP contribution in [0.2, 0.25) is 5.02 Å². The molecule has 3 rings (SSSR count). The van der Waals surface area contributed by atoms with E-state index in [1.54, 1.807) is 36.4 Å². The van der Waals surface area contributed by atoms with Crippen LogP contribution >= 0.6 is 11.6 Å². The highest BCUT2D eigenvalue weighted by Crippen LogP contribution is 2.32. The SMILES string of the molecule is O=C1C(=O)N(Cc2ccc(O)cc2)c2ccc(Cl)cc21. The quantitative estimate of drug-likeness (QED) is 0.864. The van der Waals surface area contributed by atoms with Gasteiger partial charge in [-0.15, -0.1) is 0 Å². The van der Waals surface area contributed by atoms with Crippen molar-refractivity contribution in [2.45, 2.75) is 6.54 Å². The zero-order valence-electron chi connectivity index (χ0n) is 10.3. The van der Waals surface area contributed by atoms with E-state index in [0.717, 1.165) is 5.56 Å². The molecule has 1 aliphatic heterocycles. The lowest BCUT2D eigenvalue weighted by molar-refractivity contribution is -0.114. The third kappa shape index (κ3) is 2.04. The zero-order chi connectivity index (χ0) is 14.3. The van der Waals surface area contributed by atoms with E-state index in [9.17, 15) is 14.7 Å². The van der Waals surface area contributed by atoms with Crippen LogP contribution in [0.4, 0.5) is 5.69 Å². The molecule has 0 unspecified atom stereocenters. The monoisotopic (exact) mass is 287 g/mol. The molecule has 0 aromatic heterocycles. The van der Waals surface area contributed by atoms with Crippen LogP contribution in [-0.2, 0) is 11.3 Å². The summed E-state index contributed by atoms with van der Waals surface area (Å²) in [7, 11) is 0. The maximum Gasteiger partial charge on any atom is 0.299 e. The summed E-state index contributed by atoms with van der Waals surface area (Å²) in [6.45, 7) is 0.277. The lowest BCUT2D eigenvalue weighted by Crippen LogP contribution is -2.29. The van der Waals surface area contributed by atoms with Gasteiger partial charge in [0.25, 0.3) is 11.7 Å². The van der Waals surface area contributed by atoms with E-state index in [4.69, 9.17) is 11.6 Å². The molecule has 1 amide bonds. The number of fused-ring (bicyclic) bond motifs is 1. The van der Waals surface area contributed by atoms with Gasteiger partial charge in [0.2, 0.25) is 0 Å². The number of anilines is 1. The van der Waals surface area contributed by atoms with Crippen molar-refractivity contribution >= 4 is 29.0 Å². The van der Waals surface area contributed by atoms with Gasteiger partial charge in [-0.2, -0.15) is 0 Å². The number of nitrogens with zero attached hydrogens (tertiary/aromatic N) is 1. The smallest absolute Gasteiger partial charge is 0.299 e. The molecule has 20 heavy (non-hydrogen) atoms. The fourth-order valence-corrected chi connectivity index (χ4v) is 2.39. The van der Waals surface area contributed by atoms with Gasteiger partial charge < -0.3 is 10.0 Å². The van der Waals surface area contributed by atoms with Crippen molar-refractivity contribution in [1.82, 2.24) is 0 Å². The highest BCUT2D eigenvalue weighted by molar-refractivity contribution is 6.52. The van der Waals surface area contributed by atoms with E-state index in [-0.39, 0.29) is 12.3 Å². The molecule has 4 nitrogen and oxygen atoms in total. The molecule has 1 heterocycles. The Hall–Kier alpha value is -2.33. The standard InChI is InChI=1S/C15H10ClNO3/c16-10-3-6-13-12(7-10)14(19)15(20)17(13)8-9-1-4-11(18)5-2-9/h1-7,18H,8H2. The van der Waals surface area contributed by atoms with Crippen LogP contribution in [-0.4, -0.2) is 16.8 Å². The summed E-state index contributed by atoms with van der Waals surface area (Å²) in [4.78, 5) is 25.4. The van der Waals surface area contributed by atoms with Crippen LogP contribution in [0.15, 0.2) is 42.5 Å². The highest BCUT2D eigenvalue weighted by atomic mass is 35.5. The largest absolute Gasteiger partial charge is 0.508 e. The van der Waals surface area contributed by atoms with E-state index < -0.39 is 11.7 Å². The molecule has 0 fully saturated rings. The Labute approximate surface area is 120 Å². The first-order valence-electron chi connectivity index (χ1n) is 6.00. The number of carbonyl (C=O) groups excluding carboxylic acids is 2. The van der Waals surface area contributed by atoms with E-state index in [1.165, 1.54) is 11.0 Å². The molecule has 100 valence electrons. The highest BCUT2D eigenvalue weighted by Gasteiger charge is 2.35. The second kappa shape index (κ2) is 4.65. The van der Waals surface area contributed by atoms with E-state index in [2.05, 4.69) is 0 Å². The molecule has 0 radical (unpaired) electrons. The van der Waals surface area contributed by atoms with Gasteiger partial charge in [0, 0.05) is 5.02 Å². The van der Waals surface area contributed by atoms with Crippen molar-refractivity contribution in [3.8, 4) is 5.75 Å². The van der Waals surface area contributed by atoms with Crippen molar-refractivity contribution in [3.63, 3.8) is 0 Å². The van der Waals surface area contributed by atoms with Crippen LogP contribution in [0.1, 0.15) is 15.9 Å². The molecule has 1 aliphatic rings. The number of benzene rings is 2. The molecular formula is C15H10ClNO3. The zero-order valence-corrected chi connectivity index (χ0v) is 11.1. The van der Waals surface area contributed by atoms with Gasteiger partial charge in [-0.1, -0.05) is 23.7 Å². The third-order valence-electron chi connectivity index (χ3n) is 3.21. The summed E-state index contributed by atoms with van der Waals surface area (Å²) >= 11 is 5.85. The number of hydrogen-bond acceptors (Lipinski definition) is 3. The lowest BCUT2D eigenvalue weighted by Gasteiger charge is -2.16. The average Bonchev–Trinajstić information content (AvgIpc) is 2.66. The Kier molecular flexibility index (Phi) is 2.95. The van der Waals surface area contributed by atoms with Crippen LogP contribution in [0.3, 0.4) is 0 Å². The Morgan fingerprint density at radius 1 is 1.05 bits per heavy atom. The Balaban J connectivity index is 1.97. The predicted octanol–water partition coefficient (Wildman–Crippen LogP) is 2.78. The molecule has 2 aromatic rings. The second-order valence-corrected chi connectivity index (χ2v) is 4.98. The number of halogens is 1. The number of aromatic hydroxyl groups is 1. The summed E-state index contributed by atoms with van der Waals surface area (Å²) in [5.74, 6) is -0.943. The number of hydrogen-bond donors (Lipinski definition) is 1. The van der Waals surface area contributed by atoms with Gasteiger partial charge in [-0.05, 0) is 35.9 Å². The van der Waals surface area contributed by atoms with Crippen molar-refractivity contribution in [2.24, 2.45) is 0 Å². The third-order valence-corrected chi connectivity index (χ3v) is 3.45. The number of Topliss-reactive ketones (excluding diaryl/α,β-unsaturated/α-hetero) is 1. The molecule has 0 bridgehead atoms. The minimum atomic E-state index is -0.560. The van der Waals surface area contributed by atoms with Crippen molar-refractivity contribution < 1.29 is 14.7 Å². The van der Waals surface area contributed by atoms with Crippen LogP contribution in [0.5, 0.6) is 5.75 Å². The number of rotatable bonds is 2. The normalized spacial score (nSPS) is 13.8. The number of carbonyl (C=O) groups is 2. The molecular weight excluding hydrogens is 278 g/mol. The first-order chi connectivity index (χ1) is 9.56. The molecule has 5 heteroatoms. The Morgan fingerprint density at radius 3 is 2.45 bits per heavy atom. The summed E-state index contributed by atoms with van der Waals surface area (Å²) in [5.41, 5.74) is 1.73. The topological polar surface area (TPSA) is 57.6 Å². The molecule has 0 spiro atoms. The maximum atomic E-state index is 12.0. The van der Waals surface area contributed by atoms with Gasteiger partial charge in [-0.3, -0.25) is 9.59 Å². The number of amides is 1. The fourth-order valence-electron chi connectivity index (χ4n) is 2.21. The first kappa shape index (κ1) is 12.7. The minimum absolute atomic E-state index is 0.157. The van der Waals surface area contributed by atoms with Gasteiger partial charge in [0.1, 0.15) is 5.75 Å². The summed E-state index contributed by atoms with van der Waals surface area (Å²) in [6.07, 6.45) is 0. The molecule has 2 aromatic carbocycles. The molecule has 0 saturated carbocycles. The van der Waals surface area contributed by atoms with Gasteiger partial charge in [0.05, 0.1) is 17.8 Å². The van der Waals surface area contributed by atoms with E-state index in [1.807, 2.05) is 0 Å². The second-order valence-electron chi connectivity index (χ2n) is 4.55. The minimum Gasteiger partial charge on any atom is -0.508 e. The van der Waals surface area contributed by atoms with Gasteiger partial charge >= 0.3 is 0 Å². The van der Waals surface area contributed by atoms with Crippen molar-refractivity contribution in [1.29, 1.82) is 0 Å². The first-order valence-corrected chi connectivity index (χ1v) is 6.38. The molecule has 1 N–H and O–H groups in total. The van der Waals surface area contributed by atoms with Gasteiger partial charge in [-0.25, -0.2) is 0 Å². The number of ketones is 1. The molecule has 0 atom stereocenters. The predicted molar refractivity (Wildman–Crippen MR) is 75.1 cm³/mol. The summed E-state index contributed by atoms with van der Waals surface area (Å²) in [5, 5.41) is 9.68. The molecule has 0 saturated heterocycles. The molecule has 0 aliphatic carbocycles. The Bertz CT molecular complexity index is 710. The summed E-state index contributed by atoms with van der Waals surface area (Å²) < 4.78 is 0. The van der Waals surface area contributed by atoms with E-state index in [0.29, 0.717) is 16.3 Å². The number of phenolic OH excluding ortho intramolecular Hbond substituents is 1.